The molecular formula is C13H20N2OS. The summed E-state index contributed by atoms with van der Waals surface area (Å²) in [5.41, 5.74) is 1.31. The van der Waals surface area contributed by atoms with Crippen molar-refractivity contribution in [1.82, 2.24) is 10.6 Å². The van der Waals surface area contributed by atoms with Gasteiger partial charge in [0.1, 0.15) is 0 Å². The molecule has 3 atom stereocenters. The molecular weight excluding hydrogens is 232 g/mol. The van der Waals surface area contributed by atoms with E-state index in [2.05, 4.69) is 41.3 Å². The number of amides is 1. The van der Waals surface area contributed by atoms with Crippen LogP contribution in [0.2, 0.25) is 0 Å². The van der Waals surface area contributed by atoms with Crippen LogP contribution in [-0.4, -0.2) is 25.0 Å². The molecule has 1 fully saturated rings. The number of hydrogen-bond donors (Lipinski definition) is 2. The van der Waals surface area contributed by atoms with E-state index in [0.29, 0.717) is 5.92 Å². The maximum absolute atomic E-state index is 12.0. The highest BCUT2D eigenvalue weighted by Gasteiger charge is 2.29. The van der Waals surface area contributed by atoms with Crippen molar-refractivity contribution >= 4 is 17.2 Å². The first kappa shape index (κ1) is 12.6. The Morgan fingerprint density at radius 1 is 1.65 bits per heavy atom. The number of hydrogen-bond acceptors (Lipinski definition) is 3. The van der Waals surface area contributed by atoms with Crippen LogP contribution in [0.25, 0.3) is 0 Å². The number of nitrogens with one attached hydrogen (secondary N) is 2. The maximum Gasteiger partial charge on any atom is 0.224 e. The molecule has 1 aromatic rings. The van der Waals surface area contributed by atoms with Crippen LogP contribution in [0.3, 0.4) is 0 Å². The molecule has 0 aromatic carbocycles. The van der Waals surface area contributed by atoms with Gasteiger partial charge in [-0.2, -0.15) is 11.3 Å². The van der Waals surface area contributed by atoms with Gasteiger partial charge in [0, 0.05) is 12.6 Å². The van der Waals surface area contributed by atoms with Crippen LogP contribution in [0.5, 0.6) is 0 Å². The minimum atomic E-state index is 0.139. The third-order valence-electron chi connectivity index (χ3n) is 3.36. The number of rotatable bonds is 4. The molecule has 4 heteroatoms. The summed E-state index contributed by atoms with van der Waals surface area (Å²) >= 11 is 1.70. The first-order valence-corrected chi connectivity index (χ1v) is 7.13. The van der Waals surface area contributed by atoms with Gasteiger partial charge in [-0.1, -0.05) is 6.92 Å². The van der Waals surface area contributed by atoms with Crippen molar-refractivity contribution in [2.45, 2.75) is 26.3 Å². The smallest absolute Gasteiger partial charge is 0.224 e. The molecule has 1 aliphatic heterocycles. The first-order chi connectivity index (χ1) is 8.16. The van der Waals surface area contributed by atoms with Crippen molar-refractivity contribution in [1.29, 1.82) is 0 Å². The normalized spacial score (nSPS) is 25.8. The molecule has 3 nitrogen and oxygen atoms in total. The van der Waals surface area contributed by atoms with Crippen LogP contribution in [0.1, 0.15) is 19.4 Å². The summed E-state index contributed by atoms with van der Waals surface area (Å²) in [4.78, 5) is 12.0. The number of thiophene rings is 1. The second-order valence-electron chi connectivity index (χ2n) is 4.99. The van der Waals surface area contributed by atoms with E-state index in [1.165, 1.54) is 5.56 Å². The Kier molecular flexibility index (Phi) is 4.18. The third-order valence-corrected chi connectivity index (χ3v) is 4.10. The zero-order valence-electron chi connectivity index (χ0n) is 10.4. The molecule has 1 aliphatic rings. The van der Waals surface area contributed by atoms with Crippen molar-refractivity contribution in [3.05, 3.63) is 22.4 Å². The second-order valence-corrected chi connectivity index (χ2v) is 5.77. The molecule has 1 aromatic heterocycles. The summed E-state index contributed by atoms with van der Waals surface area (Å²) in [5, 5.41) is 10.6. The van der Waals surface area contributed by atoms with E-state index >= 15 is 0 Å². The van der Waals surface area contributed by atoms with E-state index in [9.17, 15) is 4.79 Å². The molecule has 1 amide bonds. The van der Waals surface area contributed by atoms with Crippen LogP contribution in [0, 0.1) is 11.8 Å². The largest absolute Gasteiger partial charge is 0.353 e. The lowest BCUT2D eigenvalue weighted by Gasteiger charge is -2.18. The molecule has 94 valence electrons. The SMILES string of the molecule is CC(Cc1ccsc1)NC(=O)[C@@H]1CNC[C@H]1C. The van der Waals surface area contributed by atoms with Gasteiger partial charge in [0.05, 0.1) is 5.92 Å². The van der Waals surface area contributed by atoms with Gasteiger partial charge in [0.25, 0.3) is 0 Å². The van der Waals surface area contributed by atoms with Gasteiger partial charge < -0.3 is 10.6 Å². The van der Waals surface area contributed by atoms with Gasteiger partial charge in [-0.05, 0) is 48.2 Å². The van der Waals surface area contributed by atoms with Crippen LogP contribution in [-0.2, 0) is 11.2 Å². The average molecular weight is 252 g/mol. The minimum Gasteiger partial charge on any atom is -0.353 e. The molecule has 0 spiro atoms. The Balaban J connectivity index is 1.82. The maximum atomic E-state index is 12.0. The lowest BCUT2D eigenvalue weighted by Crippen LogP contribution is -2.40. The van der Waals surface area contributed by atoms with E-state index < -0.39 is 0 Å². The Morgan fingerprint density at radius 2 is 2.47 bits per heavy atom. The van der Waals surface area contributed by atoms with Crippen LogP contribution < -0.4 is 10.6 Å². The highest BCUT2D eigenvalue weighted by Crippen LogP contribution is 2.16. The summed E-state index contributed by atoms with van der Waals surface area (Å²) in [7, 11) is 0. The fourth-order valence-corrected chi connectivity index (χ4v) is 3.01. The summed E-state index contributed by atoms with van der Waals surface area (Å²) in [5.74, 6) is 0.786. The molecule has 17 heavy (non-hydrogen) atoms. The standard InChI is InChI=1S/C13H20N2OS/c1-9-6-14-7-12(9)13(16)15-10(2)5-11-3-4-17-8-11/h3-4,8-10,12,14H,5-7H2,1-2H3,(H,15,16)/t9-,10?,12-/m1/s1. The van der Waals surface area contributed by atoms with Crippen molar-refractivity contribution in [2.24, 2.45) is 11.8 Å². The molecule has 1 saturated heterocycles. The molecule has 0 aliphatic carbocycles. The summed E-state index contributed by atoms with van der Waals surface area (Å²) in [6.07, 6.45) is 0.920. The minimum absolute atomic E-state index is 0.139. The van der Waals surface area contributed by atoms with E-state index in [1.54, 1.807) is 11.3 Å². The van der Waals surface area contributed by atoms with Crippen molar-refractivity contribution in [2.75, 3.05) is 13.1 Å². The van der Waals surface area contributed by atoms with Crippen LogP contribution in [0.15, 0.2) is 16.8 Å². The lowest BCUT2D eigenvalue weighted by molar-refractivity contribution is -0.126. The molecule has 2 heterocycles. The monoisotopic (exact) mass is 252 g/mol. The molecule has 0 saturated carbocycles. The Labute approximate surface area is 107 Å². The van der Waals surface area contributed by atoms with E-state index in [4.69, 9.17) is 0 Å². The molecule has 0 bridgehead atoms. The van der Waals surface area contributed by atoms with Crippen molar-refractivity contribution in [3.8, 4) is 0 Å². The number of carbonyl (C=O) groups is 1. The van der Waals surface area contributed by atoms with Crippen molar-refractivity contribution < 1.29 is 4.79 Å². The molecule has 1 unspecified atom stereocenters. The van der Waals surface area contributed by atoms with Crippen LogP contribution in [0.4, 0.5) is 0 Å². The first-order valence-electron chi connectivity index (χ1n) is 6.19. The highest BCUT2D eigenvalue weighted by molar-refractivity contribution is 7.07. The van der Waals surface area contributed by atoms with Gasteiger partial charge in [-0.3, -0.25) is 4.79 Å². The van der Waals surface area contributed by atoms with Gasteiger partial charge in [-0.25, -0.2) is 0 Å². The van der Waals surface area contributed by atoms with Crippen molar-refractivity contribution in [3.63, 3.8) is 0 Å². The Morgan fingerprint density at radius 3 is 3.06 bits per heavy atom. The molecule has 2 N–H and O–H groups in total. The fraction of sp³-hybridized carbons (Fsp3) is 0.615. The van der Waals surface area contributed by atoms with Crippen LogP contribution >= 0.6 is 11.3 Å². The fourth-order valence-electron chi connectivity index (χ4n) is 2.32. The van der Waals surface area contributed by atoms with Gasteiger partial charge in [-0.15, -0.1) is 0 Å². The summed E-state index contributed by atoms with van der Waals surface area (Å²) < 4.78 is 0. The quantitative estimate of drug-likeness (QED) is 0.855. The Bertz CT molecular complexity index is 364. The predicted octanol–water partition coefficient (Wildman–Crippen LogP) is 1.65. The molecule has 0 radical (unpaired) electrons. The predicted molar refractivity (Wildman–Crippen MR) is 71.2 cm³/mol. The van der Waals surface area contributed by atoms with Gasteiger partial charge in [0.2, 0.25) is 5.91 Å². The van der Waals surface area contributed by atoms with E-state index in [0.717, 1.165) is 19.5 Å². The topological polar surface area (TPSA) is 41.1 Å². The Hall–Kier alpha value is -0.870. The van der Waals surface area contributed by atoms with Gasteiger partial charge >= 0.3 is 0 Å². The summed E-state index contributed by atoms with van der Waals surface area (Å²) in [6.45, 7) is 5.98. The average Bonchev–Trinajstić information content (AvgIpc) is 2.88. The number of carbonyl (C=O) groups excluding carboxylic acids is 1. The lowest BCUT2D eigenvalue weighted by atomic mass is 9.97. The zero-order chi connectivity index (χ0) is 12.3. The highest BCUT2D eigenvalue weighted by atomic mass is 32.1. The van der Waals surface area contributed by atoms with E-state index in [-0.39, 0.29) is 17.9 Å². The zero-order valence-corrected chi connectivity index (χ0v) is 11.2. The second kappa shape index (κ2) is 5.65. The van der Waals surface area contributed by atoms with Gasteiger partial charge in [0.15, 0.2) is 0 Å². The van der Waals surface area contributed by atoms with E-state index in [1.807, 2.05) is 0 Å². The third kappa shape index (κ3) is 3.30. The summed E-state index contributed by atoms with van der Waals surface area (Å²) in [6, 6.07) is 2.33. The molecule has 2 rings (SSSR count).